The van der Waals surface area contributed by atoms with Gasteiger partial charge in [0.1, 0.15) is 0 Å². The van der Waals surface area contributed by atoms with Gasteiger partial charge < -0.3 is 14.9 Å². The summed E-state index contributed by atoms with van der Waals surface area (Å²) in [6.45, 7) is 2.83. The summed E-state index contributed by atoms with van der Waals surface area (Å²) >= 11 is 6.23. The van der Waals surface area contributed by atoms with Crippen molar-refractivity contribution >= 4 is 35.2 Å². The zero-order valence-electron chi connectivity index (χ0n) is 12.3. The van der Waals surface area contributed by atoms with Crippen LogP contribution in [0.4, 0.5) is 5.69 Å². The Morgan fingerprint density at radius 1 is 1.33 bits per heavy atom. The van der Waals surface area contributed by atoms with Crippen molar-refractivity contribution in [2.75, 3.05) is 32.1 Å². The highest BCUT2D eigenvalue weighted by atomic mass is 35.5. The number of carboxylic acids is 1. The minimum absolute atomic E-state index is 0.0113. The van der Waals surface area contributed by atoms with E-state index < -0.39 is 5.97 Å². The number of anilines is 1. The van der Waals surface area contributed by atoms with Gasteiger partial charge in [-0.1, -0.05) is 17.7 Å². The van der Waals surface area contributed by atoms with Gasteiger partial charge in [0, 0.05) is 26.7 Å². The van der Waals surface area contributed by atoms with Gasteiger partial charge in [-0.3, -0.25) is 4.79 Å². The van der Waals surface area contributed by atoms with Crippen molar-refractivity contribution in [2.24, 2.45) is 0 Å². The van der Waals surface area contributed by atoms with Gasteiger partial charge in [0.05, 0.1) is 17.3 Å². The maximum Gasteiger partial charge on any atom is 0.328 e. The summed E-state index contributed by atoms with van der Waals surface area (Å²) in [5.41, 5.74) is 1.45. The van der Waals surface area contributed by atoms with Crippen molar-refractivity contribution in [2.45, 2.75) is 6.92 Å². The molecule has 0 spiro atoms. The van der Waals surface area contributed by atoms with Gasteiger partial charge in [0.2, 0.25) is 5.91 Å². The zero-order chi connectivity index (χ0) is 16.0. The number of carbonyl (C=O) groups excluding carboxylic acids is 1. The Balaban J connectivity index is 2.96. The number of nitrogens with zero attached hydrogens (tertiary/aromatic N) is 2. The molecule has 1 amide bonds. The lowest BCUT2D eigenvalue weighted by Gasteiger charge is -2.25. The number of halogens is 1. The van der Waals surface area contributed by atoms with Crippen molar-refractivity contribution in [1.29, 1.82) is 0 Å². The Bertz CT molecular complexity index is 556. The maximum atomic E-state index is 11.8. The first-order valence-electron chi connectivity index (χ1n) is 6.50. The lowest BCUT2D eigenvalue weighted by molar-refractivity contribution is -0.131. The van der Waals surface area contributed by atoms with Gasteiger partial charge in [0.15, 0.2) is 0 Å². The van der Waals surface area contributed by atoms with Crippen molar-refractivity contribution in [3.05, 3.63) is 34.9 Å². The van der Waals surface area contributed by atoms with Gasteiger partial charge in [-0.15, -0.1) is 0 Å². The molecule has 5 nitrogen and oxygen atoms in total. The van der Waals surface area contributed by atoms with Gasteiger partial charge in [-0.25, -0.2) is 4.79 Å². The molecule has 0 aliphatic carbocycles. The molecule has 21 heavy (non-hydrogen) atoms. The molecule has 0 unspecified atom stereocenters. The summed E-state index contributed by atoms with van der Waals surface area (Å²) in [7, 11) is 3.41. The number of likely N-dealkylation sites (N-methyl/N-ethyl adjacent to an activating group) is 2. The van der Waals surface area contributed by atoms with E-state index in [1.54, 1.807) is 32.3 Å². The van der Waals surface area contributed by atoms with Gasteiger partial charge in [0.25, 0.3) is 0 Å². The third-order valence-corrected chi connectivity index (χ3v) is 3.24. The number of carbonyl (C=O) groups is 2. The fraction of sp³-hybridized carbons (Fsp3) is 0.333. The lowest BCUT2D eigenvalue weighted by atomic mass is 10.1. The smallest absolute Gasteiger partial charge is 0.328 e. The number of aliphatic carboxylic acids is 1. The summed E-state index contributed by atoms with van der Waals surface area (Å²) in [6.07, 6.45) is 2.53. The van der Waals surface area contributed by atoms with Crippen molar-refractivity contribution in [3.63, 3.8) is 0 Å². The standard InChI is InChI=1S/C15H19ClN2O3/c1-4-18(10-14(19)17(2)3)13-7-5-11(9-12(13)16)6-8-15(20)21/h5-9H,4,10H2,1-3H3,(H,20,21)/b8-6+. The first-order chi connectivity index (χ1) is 9.85. The van der Waals surface area contributed by atoms with Crippen molar-refractivity contribution in [1.82, 2.24) is 4.90 Å². The predicted octanol–water partition coefficient (Wildman–Crippen LogP) is 2.35. The van der Waals surface area contributed by atoms with Gasteiger partial charge >= 0.3 is 5.97 Å². The number of amides is 1. The van der Waals surface area contributed by atoms with Crippen LogP contribution in [0.5, 0.6) is 0 Å². The predicted molar refractivity (Wildman–Crippen MR) is 84.7 cm³/mol. The molecule has 0 fully saturated rings. The van der Waals surface area contributed by atoms with Crippen LogP contribution in [0.3, 0.4) is 0 Å². The van der Waals surface area contributed by atoms with Crippen LogP contribution in [0.15, 0.2) is 24.3 Å². The van der Waals surface area contributed by atoms with Crippen LogP contribution in [0.2, 0.25) is 5.02 Å². The Morgan fingerprint density at radius 3 is 2.48 bits per heavy atom. The molecule has 1 N–H and O–H groups in total. The van der Waals surface area contributed by atoms with Gasteiger partial charge in [-0.2, -0.15) is 0 Å². The molecule has 1 aromatic rings. The third kappa shape index (κ3) is 5.11. The molecule has 0 saturated heterocycles. The number of benzene rings is 1. The molecule has 0 atom stereocenters. The quantitative estimate of drug-likeness (QED) is 0.819. The molecule has 1 aromatic carbocycles. The highest BCUT2D eigenvalue weighted by Crippen LogP contribution is 2.27. The van der Waals surface area contributed by atoms with E-state index in [2.05, 4.69) is 0 Å². The highest BCUT2D eigenvalue weighted by molar-refractivity contribution is 6.33. The molecular formula is C15H19ClN2O3. The second-order valence-electron chi connectivity index (χ2n) is 4.68. The van der Waals surface area contributed by atoms with Crippen molar-refractivity contribution < 1.29 is 14.7 Å². The van der Waals surface area contributed by atoms with Crippen LogP contribution < -0.4 is 4.90 Å². The Kier molecular flexibility index (Phi) is 6.24. The van der Waals surface area contributed by atoms with E-state index in [0.717, 1.165) is 11.8 Å². The second-order valence-corrected chi connectivity index (χ2v) is 5.09. The Hall–Kier alpha value is -2.01. The largest absolute Gasteiger partial charge is 0.478 e. The van der Waals surface area contributed by atoms with E-state index in [1.165, 1.54) is 11.0 Å². The molecule has 0 aliphatic heterocycles. The number of hydrogen-bond donors (Lipinski definition) is 1. The molecule has 0 saturated carbocycles. The molecule has 0 bridgehead atoms. The molecule has 0 radical (unpaired) electrons. The van der Waals surface area contributed by atoms with Crippen molar-refractivity contribution in [3.8, 4) is 0 Å². The average Bonchev–Trinajstić information content (AvgIpc) is 2.42. The second kappa shape index (κ2) is 7.69. The number of hydrogen-bond acceptors (Lipinski definition) is 3. The SMILES string of the molecule is CCN(CC(=O)N(C)C)c1ccc(/C=C/C(=O)O)cc1Cl. The van der Waals surface area contributed by atoms with E-state index in [-0.39, 0.29) is 12.5 Å². The average molecular weight is 311 g/mol. The molecule has 1 rings (SSSR count). The monoisotopic (exact) mass is 310 g/mol. The van der Waals surface area contributed by atoms with E-state index in [9.17, 15) is 9.59 Å². The lowest BCUT2D eigenvalue weighted by Crippen LogP contribution is -2.36. The van der Waals surface area contributed by atoms with E-state index in [1.807, 2.05) is 11.8 Å². The fourth-order valence-corrected chi connectivity index (χ4v) is 2.03. The van der Waals surface area contributed by atoms with Crippen LogP contribution in [0.25, 0.3) is 6.08 Å². The summed E-state index contributed by atoms with van der Waals surface area (Å²) in [4.78, 5) is 25.7. The number of carboxylic acid groups (broad SMARTS) is 1. The zero-order valence-corrected chi connectivity index (χ0v) is 13.1. The molecule has 0 aromatic heterocycles. The molecular weight excluding hydrogens is 292 g/mol. The minimum Gasteiger partial charge on any atom is -0.478 e. The van der Waals surface area contributed by atoms with E-state index >= 15 is 0 Å². The van der Waals surface area contributed by atoms with Crippen LogP contribution in [-0.4, -0.2) is 49.1 Å². The molecule has 0 heterocycles. The minimum atomic E-state index is -1.01. The summed E-state index contributed by atoms with van der Waals surface area (Å²) in [6, 6.07) is 5.23. The number of rotatable bonds is 6. The Labute approximate surface area is 129 Å². The highest BCUT2D eigenvalue weighted by Gasteiger charge is 2.14. The van der Waals surface area contributed by atoms with Crippen LogP contribution >= 0.6 is 11.6 Å². The third-order valence-electron chi connectivity index (χ3n) is 2.94. The summed E-state index contributed by atoms with van der Waals surface area (Å²) in [5.74, 6) is -1.02. The van der Waals surface area contributed by atoms with Crippen LogP contribution in [0.1, 0.15) is 12.5 Å². The molecule has 0 aliphatic rings. The maximum absolute atomic E-state index is 11.8. The first kappa shape index (κ1) is 17.0. The summed E-state index contributed by atoms with van der Waals surface area (Å²) < 4.78 is 0. The Morgan fingerprint density at radius 2 is 2.00 bits per heavy atom. The first-order valence-corrected chi connectivity index (χ1v) is 6.88. The molecule has 6 heteroatoms. The summed E-state index contributed by atoms with van der Waals surface area (Å²) in [5, 5.41) is 9.09. The molecule has 114 valence electrons. The van der Waals surface area contributed by atoms with E-state index in [4.69, 9.17) is 16.7 Å². The topological polar surface area (TPSA) is 60.9 Å². The van der Waals surface area contributed by atoms with Crippen LogP contribution in [-0.2, 0) is 9.59 Å². The van der Waals surface area contributed by atoms with Crippen LogP contribution in [0, 0.1) is 0 Å². The van der Waals surface area contributed by atoms with E-state index in [0.29, 0.717) is 17.1 Å². The normalized spacial score (nSPS) is 10.7. The van der Waals surface area contributed by atoms with Gasteiger partial charge in [-0.05, 0) is 30.7 Å². The fourth-order valence-electron chi connectivity index (χ4n) is 1.72.